The largest absolute Gasteiger partial charge is 0.495 e. The monoisotopic (exact) mass is 508 g/mol. The Labute approximate surface area is 210 Å². The fraction of sp³-hybridized carbons (Fsp3) is 0.280. The van der Waals surface area contributed by atoms with Crippen molar-refractivity contribution >= 4 is 28.0 Å². The number of urea groups is 1. The Kier molecular flexibility index (Phi) is 6.66. The van der Waals surface area contributed by atoms with Gasteiger partial charge in [0.1, 0.15) is 16.6 Å². The predicted molar refractivity (Wildman–Crippen MR) is 136 cm³/mol. The van der Waals surface area contributed by atoms with Gasteiger partial charge in [0.2, 0.25) is 4.96 Å². The molecule has 4 aromatic rings. The van der Waals surface area contributed by atoms with Gasteiger partial charge in [0.05, 0.1) is 18.5 Å². The van der Waals surface area contributed by atoms with E-state index in [1.165, 1.54) is 34.1 Å². The topological polar surface area (TPSA) is 92.1 Å². The molecule has 5 rings (SSSR count). The van der Waals surface area contributed by atoms with Crippen molar-refractivity contribution in [2.75, 3.05) is 38.6 Å². The van der Waals surface area contributed by atoms with E-state index in [-0.39, 0.29) is 17.4 Å². The zero-order valence-electron chi connectivity index (χ0n) is 19.9. The van der Waals surface area contributed by atoms with Crippen molar-refractivity contribution in [1.29, 1.82) is 0 Å². The standard InChI is InChI=1S/C25H25FN6O3S/c1-16-6-7-21(35-2)20(12-16)28-24(34)31-10-8-30(9-11-31)15-19-14-22(33)32-25(27-19)36-23(29-32)17-4-3-5-18(26)13-17/h3-7,12-14H,8-11,15H2,1-2H3,(H,28,34). The van der Waals surface area contributed by atoms with Gasteiger partial charge in [0.25, 0.3) is 5.56 Å². The molecule has 0 spiro atoms. The Balaban J connectivity index is 1.23. The van der Waals surface area contributed by atoms with E-state index in [0.29, 0.717) is 65.4 Å². The van der Waals surface area contributed by atoms with Crippen LogP contribution < -0.4 is 15.6 Å². The number of benzene rings is 2. The molecule has 3 heterocycles. The zero-order chi connectivity index (χ0) is 25.2. The molecule has 36 heavy (non-hydrogen) atoms. The van der Waals surface area contributed by atoms with E-state index < -0.39 is 0 Å². The highest BCUT2D eigenvalue weighted by atomic mass is 32.1. The molecule has 1 N–H and O–H groups in total. The second-order valence-electron chi connectivity index (χ2n) is 8.59. The number of amides is 2. The Morgan fingerprint density at radius 1 is 1.14 bits per heavy atom. The molecule has 1 fully saturated rings. The maximum atomic E-state index is 13.6. The number of rotatable bonds is 5. The molecule has 0 atom stereocenters. The molecule has 1 aliphatic heterocycles. The van der Waals surface area contributed by atoms with Gasteiger partial charge in [-0.2, -0.15) is 9.61 Å². The smallest absolute Gasteiger partial charge is 0.322 e. The number of halogens is 1. The number of piperazine rings is 1. The highest BCUT2D eigenvalue weighted by Gasteiger charge is 2.23. The van der Waals surface area contributed by atoms with Crippen LogP contribution in [0.15, 0.2) is 53.3 Å². The average Bonchev–Trinajstić information content (AvgIpc) is 3.30. The number of nitrogens with one attached hydrogen (secondary N) is 1. The molecule has 186 valence electrons. The number of nitrogens with zero attached hydrogens (tertiary/aromatic N) is 5. The van der Waals surface area contributed by atoms with Crippen LogP contribution in [0.4, 0.5) is 14.9 Å². The van der Waals surface area contributed by atoms with Crippen molar-refractivity contribution in [3.8, 4) is 16.3 Å². The molecule has 0 radical (unpaired) electrons. The summed E-state index contributed by atoms with van der Waals surface area (Å²) in [6, 6.07) is 13.0. The van der Waals surface area contributed by atoms with Gasteiger partial charge in [0, 0.05) is 44.4 Å². The fourth-order valence-corrected chi connectivity index (χ4v) is 5.05. The average molecular weight is 509 g/mol. The van der Waals surface area contributed by atoms with Crippen LogP contribution in [0.2, 0.25) is 0 Å². The number of carbonyl (C=O) groups excluding carboxylic acids is 1. The summed E-state index contributed by atoms with van der Waals surface area (Å²) in [5, 5.41) is 7.78. The number of methoxy groups -OCH3 is 1. The van der Waals surface area contributed by atoms with Gasteiger partial charge in [-0.1, -0.05) is 29.5 Å². The van der Waals surface area contributed by atoms with Gasteiger partial charge in [-0.3, -0.25) is 9.69 Å². The molecule has 11 heteroatoms. The Morgan fingerprint density at radius 2 is 1.94 bits per heavy atom. The molecule has 0 bridgehead atoms. The highest BCUT2D eigenvalue weighted by molar-refractivity contribution is 7.19. The van der Waals surface area contributed by atoms with E-state index in [9.17, 15) is 14.0 Å². The van der Waals surface area contributed by atoms with Gasteiger partial charge in [-0.15, -0.1) is 0 Å². The maximum absolute atomic E-state index is 13.6. The van der Waals surface area contributed by atoms with Crippen LogP contribution in [0.25, 0.3) is 15.5 Å². The number of carbonyl (C=O) groups is 1. The molecular formula is C25H25FN6O3S. The van der Waals surface area contributed by atoms with E-state index in [1.54, 1.807) is 24.1 Å². The van der Waals surface area contributed by atoms with Gasteiger partial charge in [0.15, 0.2) is 0 Å². The number of hydrogen-bond donors (Lipinski definition) is 1. The summed E-state index contributed by atoms with van der Waals surface area (Å²) in [6.07, 6.45) is 0. The number of anilines is 1. The van der Waals surface area contributed by atoms with Crippen LogP contribution >= 0.6 is 11.3 Å². The van der Waals surface area contributed by atoms with E-state index in [2.05, 4.69) is 20.3 Å². The van der Waals surface area contributed by atoms with Crippen molar-refractivity contribution in [3.05, 3.63) is 76.0 Å². The normalized spacial score (nSPS) is 14.2. The molecule has 0 aliphatic carbocycles. The Hall–Kier alpha value is -3.83. The van der Waals surface area contributed by atoms with Crippen molar-refractivity contribution in [3.63, 3.8) is 0 Å². The summed E-state index contributed by atoms with van der Waals surface area (Å²) in [4.78, 5) is 34.4. The lowest BCUT2D eigenvalue weighted by Crippen LogP contribution is -2.49. The summed E-state index contributed by atoms with van der Waals surface area (Å²) in [7, 11) is 1.57. The van der Waals surface area contributed by atoms with Crippen molar-refractivity contribution in [2.45, 2.75) is 13.5 Å². The molecule has 0 saturated carbocycles. The minimum absolute atomic E-state index is 0.175. The van der Waals surface area contributed by atoms with E-state index in [1.807, 2.05) is 25.1 Å². The van der Waals surface area contributed by atoms with Gasteiger partial charge < -0.3 is 15.0 Å². The van der Waals surface area contributed by atoms with Crippen molar-refractivity contribution in [2.24, 2.45) is 0 Å². The Morgan fingerprint density at radius 3 is 2.69 bits per heavy atom. The summed E-state index contributed by atoms with van der Waals surface area (Å²) in [5.74, 6) is 0.252. The fourth-order valence-electron chi connectivity index (χ4n) is 4.13. The number of fused-ring (bicyclic) bond motifs is 1. The Bertz CT molecular complexity index is 1480. The highest BCUT2D eigenvalue weighted by Crippen LogP contribution is 2.26. The first kappa shape index (κ1) is 23.9. The molecular weight excluding hydrogens is 483 g/mol. The summed E-state index contributed by atoms with van der Waals surface area (Å²) in [6.45, 7) is 4.84. The van der Waals surface area contributed by atoms with Crippen molar-refractivity contribution < 1.29 is 13.9 Å². The minimum Gasteiger partial charge on any atom is -0.495 e. The lowest BCUT2D eigenvalue weighted by Gasteiger charge is -2.34. The van der Waals surface area contributed by atoms with Crippen LogP contribution in [0.5, 0.6) is 5.75 Å². The number of ether oxygens (including phenoxy) is 1. The second kappa shape index (κ2) is 10.0. The second-order valence-corrected chi connectivity index (χ2v) is 9.55. The van der Waals surface area contributed by atoms with Gasteiger partial charge in [-0.05, 0) is 36.8 Å². The van der Waals surface area contributed by atoms with Crippen molar-refractivity contribution in [1.82, 2.24) is 24.4 Å². The van der Waals surface area contributed by atoms with Crippen LogP contribution in [-0.2, 0) is 6.54 Å². The lowest BCUT2D eigenvalue weighted by molar-refractivity contribution is 0.142. The quantitative estimate of drug-likeness (QED) is 0.443. The summed E-state index contributed by atoms with van der Waals surface area (Å²) in [5.41, 5.74) is 2.63. The number of aryl methyl sites for hydroxylation is 1. The molecule has 2 aromatic carbocycles. The summed E-state index contributed by atoms with van der Waals surface area (Å²) >= 11 is 1.24. The van der Waals surface area contributed by atoms with Crippen LogP contribution in [0.1, 0.15) is 11.3 Å². The van der Waals surface area contributed by atoms with E-state index >= 15 is 0 Å². The minimum atomic E-state index is -0.362. The first-order chi connectivity index (χ1) is 17.4. The molecule has 2 amide bonds. The van der Waals surface area contributed by atoms with E-state index in [4.69, 9.17) is 4.74 Å². The predicted octanol–water partition coefficient (Wildman–Crippen LogP) is 3.62. The molecule has 9 nitrogen and oxygen atoms in total. The lowest BCUT2D eigenvalue weighted by atomic mass is 10.2. The molecule has 1 aliphatic rings. The summed E-state index contributed by atoms with van der Waals surface area (Å²) < 4.78 is 20.2. The third-order valence-electron chi connectivity index (χ3n) is 6.01. The third kappa shape index (κ3) is 5.07. The maximum Gasteiger partial charge on any atom is 0.322 e. The zero-order valence-corrected chi connectivity index (χ0v) is 20.7. The number of aromatic nitrogens is 3. The molecule has 1 saturated heterocycles. The van der Waals surface area contributed by atoms with E-state index in [0.717, 1.165) is 5.56 Å². The van der Waals surface area contributed by atoms with Crippen LogP contribution in [0.3, 0.4) is 0 Å². The molecule has 2 aromatic heterocycles. The van der Waals surface area contributed by atoms with Gasteiger partial charge >= 0.3 is 6.03 Å². The first-order valence-electron chi connectivity index (χ1n) is 11.5. The number of hydrogen-bond acceptors (Lipinski definition) is 7. The van der Waals surface area contributed by atoms with Crippen LogP contribution in [-0.4, -0.2) is 63.7 Å². The first-order valence-corrected chi connectivity index (χ1v) is 12.3. The van der Waals surface area contributed by atoms with Crippen LogP contribution in [0, 0.1) is 12.7 Å². The SMILES string of the molecule is COc1ccc(C)cc1NC(=O)N1CCN(Cc2cc(=O)n3nc(-c4cccc(F)c4)sc3n2)CC1. The van der Waals surface area contributed by atoms with Gasteiger partial charge in [-0.25, -0.2) is 14.2 Å². The third-order valence-corrected chi connectivity index (χ3v) is 6.97. The molecule has 0 unspecified atom stereocenters.